The van der Waals surface area contributed by atoms with Crippen molar-refractivity contribution in [3.63, 3.8) is 0 Å². The summed E-state index contributed by atoms with van der Waals surface area (Å²) in [5, 5.41) is 2.42. The standard InChI is InChI=1S/C7H12BrNO2S/c1-5-3-7(12(2,10)11)9-4-6(5)8/h3,6-7,9H,4H2,1-2H3. The molecule has 0 amide bonds. The molecule has 1 aliphatic rings. The van der Waals surface area contributed by atoms with Gasteiger partial charge in [-0.05, 0) is 6.92 Å². The van der Waals surface area contributed by atoms with Crippen molar-refractivity contribution in [2.24, 2.45) is 0 Å². The van der Waals surface area contributed by atoms with Gasteiger partial charge in [-0.3, -0.25) is 5.32 Å². The molecule has 0 radical (unpaired) electrons. The van der Waals surface area contributed by atoms with Gasteiger partial charge in [0, 0.05) is 17.6 Å². The van der Waals surface area contributed by atoms with E-state index in [9.17, 15) is 8.42 Å². The molecular weight excluding hydrogens is 242 g/mol. The van der Waals surface area contributed by atoms with Crippen molar-refractivity contribution in [2.45, 2.75) is 17.1 Å². The summed E-state index contributed by atoms with van der Waals surface area (Å²) in [4.78, 5) is 0.260. The summed E-state index contributed by atoms with van der Waals surface area (Å²) < 4.78 is 22.2. The van der Waals surface area contributed by atoms with Gasteiger partial charge in [0.2, 0.25) is 0 Å². The molecule has 0 bridgehead atoms. The minimum atomic E-state index is -2.99. The zero-order chi connectivity index (χ0) is 9.35. The van der Waals surface area contributed by atoms with Gasteiger partial charge < -0.3 is 0 Å². The topological polar surface area (TPSA) is 46.2 Å². The molecule has 1 N–H and O–H groups in total. The van der Waals surface area contributed by atoms with Gasteiger partial charge in [0.25, 0.3) is 0 Å². The van der Waals surface area contributed by atoms with Crippen LogP contribution < -0.4 is 5.32 Å². The quantitative estimate of drug-likeness (QED) is 0.552. The van der Waals surface area contributed by atoms with E-state index in [-0.39, 0.29) is 4.83 Å². The second kappa shape index (κ2) is 3.47. The van der Waals surface area contributed by atoms with Crippen molar-refractivity contribution in [3.8, 4) is 0 Å². The first kappa shape index (κ1) is 10.2. The molecule has 3 nitrogen and oxygen atoms in total. The molecule has 1 heterocycles. The molecule has 0 aromatic carbocycles. The summed E-state index contributed by atoms with van der Waals surface area (Å²) in [5.74, 6) is 0. The smallest absolute Gasteiger partial charge is 0.166 e. The van der Waals surface area contributed by atoms with E-state index < -0.39 is 15.2 Å². The Bertz CT molecular complexity index is 297. The average Bonchev–Trinajstić information content (AvgIpc) is 1.92. The highest BCUT2D eigenvalue weighted by atomic mass is 79.9. The van der Waals surface area contributed by atoms with Crippen LogP contribution in [-0.4, -0.2) is 31.4 Å². The molecule has 0 aliphatic carbocycles. The molecule has 1 rings (SSSR count). The van der Waals surface area contributed by atoms with E-state index in [4.69, 9.17) is 0 Å². The molecular formula is C7H12BrNO2S. The van der Waals surface area contributed by atoms with Gasteiger partial charge in [-0.2, -0.15) is 0 Å². The van der Waals surface area contributed by atoms with Crippen LogP contribution in [0.1, 0.15) is 6.92 Å². The van der Waals surface area contributed by atoms with Crippen molar-refractivity contribution < 1.29 is 8.42 Å². The van der Waals surface area contributed by atoms with E-state index in [0.717, 1.165) is 5.57 Å². The molecule has 5 heteroatoms. The van der Waals surface area contributed by atoms with E-state index >= 15 is 0 Å². The minimum absolute atomic E-state index is 0.260. The number of hydrogen-bond donors (Lipinski definition) is 1. The third-order valence-corrected chi connectivity index (χ3v) is 4.14. The molecule has 0 aromatic heterocycles. The zero-order valence-corrected chi connectivity index (χ0v) is 9.44. The predicted octanol–water partition coefficient (Wildman–Crippen LogP) is 0.670. The van der Waals surface area contributed by atoms with Crippen LogP contribution in [0.2, 0.25) is 0 Å². The number of alkyl halides is 1. The normalized spacial score (nSPS) is 31.4. The van der Waals surface area contributed by atoms with E-state index in [1.807, 2.05) is 6.92 Å². The fourth-order valence-electron chi connectivity index (χ4n) is 1.06. The number of halogens is 1. The second-order valence-electron chi connectivity index (χ2n) is 3.04. The molecule has 2 atom stereocenters. The van der Waals surface area contributed by atoms with Gasteiger partial charge in [0.15, 0.2) is 9.84 Å². The Labute approximate surface area is 81.3 Å². The molecule has 12 heavy (non-hydrogen) atoms. The van der Waals surface area contributed by atoms with Crippen LogP contribution in [0.25, 0.3) is 0 Å². The lowest BCUT2D eigenvalue weighted by Gasteiger charge is -2.23. The Morgan fingerprint density at radius 1 is 1.67 bits per heavy atom. The minimum Gasteiger partial charge on any atom is -0.296 e. The molecule has 0 saturated heterocycles. The van der Waals surface area contributed by atoms with E-state index in [0.29, 0.717) is 6.54 Å². The zero-order valence-electron chi connectivity index (χ0n) is 7.04. The van der Waals surface area contributed by atoms with Gasteiger partial charge in [-0.15, -0.1) is 0 Å². The van der Waals surface area contributed by atoms with E-state index in [2.05, 4.69) is 21.2 Å². The summed E-state index contributed by atoms with van der Waals surface area (Å²) in [6.45, 7) is 2.60. The lowest BCUT2D eigenvalue weighted by atomic mass is 10.1. The number of rotatable bonds is 1. The van der Waals surface area contributed by atoms with Crippen molar-refractivity contribution >= 4 is 25.8 Å². The Morgan fingerprint density at radius 3 is 2.67 bits per heavy atom. The Balaban J connectivity index is 2.87. The fraction of sp³-hybridized carbons (Fsp3) is 0.714. The summed E-state index contributed by atoms with van der Waals surface area (Å²) in [6.07, 6.45) is 2.99. The summed E-state index contributed by atoms with van der Waals surface area (Å²) in [7, 11) is -2.99. The first-order valence-corrected chi connectivity index (χ1v) is 6.53. The van der Waals surface area contributed by atoms with E-state index in [1.165, 1.54) is 6.26 Å². The van der Waals surface area contributed by atoms with Crippen LogP contribution >= 0.6 is 15.9 Å². The largest absolute Gasteiger partial charge is 0.296 e. The SMILES string of the molecule is CC1=CC(S(C)(=O)=O)NCC1Br. The predicted molar refractivity (Wildman–Crippen MR) is 53.1 cm³/mol. The maximum Gasteiger partial charge on any atom is 0.166 e. The Hall–Kier alpha value is 0.130. The Morgan fingerprint density at radius 2 is 2.25 bits per heavy atom. The van der Waals surface area contributed by atoms with Crippen LogP contribution in [0, 0.1) is 0 Å². The van der Waals surface area contributed by atoms with E-state index in [1.54, 1.807) is 6.08 Å². The van der Waals surface area contributed by atoms with Gasteiger partial charge in [0.1, 0.15) is 5.37 Å². The first-order valence-electron chi connectivity index (χ1n) is 3.66. The third-order valence-electron chi connectivity index (χ3n) is 1.87. The lowest BCUT2D eigenvalue weighted by Crippen LogP contribution is -2.42. The lowest BCUT2D eigenvalue weighted by molar-refractivity contribution is 0.571. The van der Waals surface area contributed by atoms with Crippen LogP contribution in [0.15, 0.2) is 11.6 Å². The molecule has 0 saturated carbocycles. The fourth-order valence-corrected chi connectivity index (χ4v) is 2.26. The van der Waals surface area contributed by atoms with Gasteiger partial charge >= 0.3 is 0 Å². The van der Waals surface area contributed by atoms with Crippen molar-refractivity contribution in [3.05, 3.63) is 11.6 Å². The van der Waals surface area contributed by atoms with Gasteiger partial charge in [-0.25, -0.2) is 8.42 Å². The van der Waals surface area contributed by atoms with Gasteiger partial charge in [0.05, 0.1) is 0 Å². The van der Waals surface area contributed by atoms with Gasteiger partial charge in [-0.1, -0.05) is 27.6 Å². The molecule has 70 valence electrons. The second-order valence-corrected chi connectivity index (χ2v) is 6.31. The maximum absolute atomic E-state index is 11.1. The highest BCUT2D eigenvalue weighted by Crippen LogP contribution is 2.17. The molecule has 0 spiro atoms. The molecule has 0 fully saturated rings. The summed E-state index contributed by atoms with van der Waals surface area (Å²) in [5.41, 5.74) is 1.07. The summed E-state index contributed by atoms with van der Waals surface area (Å²) >= 11 is 3.42. The molecule has 2 unspecified atom stereocenters. The van der Waals surface area contributed by atoms with Crippen LogP contribution in [-0.2, 0) is 9.84 Å². The monoisotopic (exact) mass is 253 g/mol. The van der Waals surface area contributed by atoms with Crippen molar-refractivity contribution in [1.29, 1.82) is 0 Å². The van der Waals surface area contributed by atoms with Crippen LogP contribution in [0.4, 0.5) is 0 Å². The van der Waals surface area contributed by atoms with Crippen LogP contribution in [0.5, 0.6) is 0 Å². The Kier molecular flexibility index (Phi) is 2.96. The van der Waals surface area contributed by atoms with Crippen molar-refractivity contribution in [2.75, 3.05) is 12.8 Å². The number of sulfone groups is 1. The third kappa shape index (κ3) is 2.31. The summed E-state index contributed by atoms with van der Waals surface area (Å²) in [6, 6.07) is 0. The highest BCUT2D eigenvalue weighted by Gasteiger charge is 2.24. The first-order chi connectivity index (χ1) is 5.41. The highest BCUT2D eigenvalue weighted by molar-refractivity contribution is 9.09. The number of nitrogens with one attached hydrogen (secondary N) is 1. The molecule has 0 aromatic rings. The van der Waals surface area contributed by atoms with Crippen LogP contribution in [0.3, 0.4) is 0 Å². The number of hydrogen-bond acceptors (Lipinski definition) is 3. The molecule has 1 aliphatic heterocycles. The average molecular weight is 254 g/mol. The maximum atomic E-state index is 11.1. The van der Waals surface area contributed by atoms with Crippen molar-refractivity contribution in [1.82, 2.24) is 5.32 Å².